The average Bonchev–Trinajstić information content (AvgIpc) is 2.78. The Morgan fingerprint density at radius 1 is 1.29 bits per heavy atom. The molecule has 5 nitrogen and oxygen atoms in total. The van der Waals surface area contributed by atoms with Crippen LogP contribution in [0.4, 0.5) is 0 Å². The van der Waals surface area contributed by atoms with Gasteiger partial charge in [-0.2, -0.15) is 5.10 Å². The van der Waals surface area contributed by atoms with Crippen LogP contribution < -0.4 is 4.74 Å². The number of halogens is 2. The summed E-state index contributed by atoms with van der Waals surface area (Å²) < 4.78 is 6.63. The van der Waals surface area contributed by atoms with Crippen LogP contribution >= 0.6 is 23.2 Å². The minimum absolute atomic E-state index is 0.435. The summed E-state index contributed by atoms with van der Waals surface area (Å²) in [7, 11) is 1.53. The molecule has 0 spiro atoms. The quantitative estimate of drug-likeness (QED) is 0.806. The Hall–Kier alpha value is -1.59. The van der Waals surface area contributed by atoms with Crippen molar-refractivity contribution in [1.29, 1.82) is 0 Å². The topological polar surface area (TPSA) is 52.3 Å². The number of benzene rings is 1. The third-order valence-electron chi connectivity index (χ3n) is 1.98. The molecule has 17 heavy (non-hydrogen) atoms. The van der Waals surface area contributed by atoms with Gasteiger partial charge in [-0.3, -0.25) is 0 Å². The molecule has 2 aromatic rings. The van der Waals surface area contributed by atoms with Gasteiger partial charge in [-0.15, -0.1) is 10.2 Å². The molecule has 0 aliphatic heterocycles. The van der Waals surface area contributed by atoms with Gasteiger partial charge in [-0.05, 0) is 12.1 Å². The molecule has 88 valence electrons. The Balaban J connectivity index is 2.38. The zero-order valence-corrected chi connectivity index (χ0v) is 10.4. The van der Waals surface area contributed by atoms with Gasteiger partial charge >= 0.3 is 0 Å². The highest BCUT2D eigenvalue weighted by Gasteiger charge is 2.07. The van der Waals surface area contributed by atoms with E-state index >= 15 is 0 Å². The van der Waals surface area contributed by atoms with E-state index in [9.17, 15) is 0 Å². The minimum Gasteiger partial charge on any atom is -0.495 e. The van der Waals surface area contributed by atoms with Crippen LogP contribution in [0.1, 0.15) is 5.56 Å². The molecule has 0 N–H and O–H groups in total. The first-order valence-electron chi connectivity index (χ1n) is 4.62. The predicted octanol–water partition coefficient (Wildman–Crippen LogP) is 2.48. The molecule has 1 aromatic heterocycles. The normalized spacial score (nSPS) is 11.0. The first kappa shape index (κ1) is 11.9. The smallest absolute Gasteiger partial charge is 0.146 e. The molecule has 0 saturated carbocycles. The van der Waals surface area contributed by atoms with Gasteiger partial charge in [0.15, 0.2) is 0 Å². The molecular weight excluding hydrogens is 263 g/mol. The van der Waals surface area contributed by atoms with Crippen LogP contribution in [0.5, 0.6) is 5.75 Å². The predicted molar refractivity (Wildman–Crippen MR) is 66.0 cm³/mol. The van der Waals surface area contributed by atoms with Gasteiger partial charge in [-0.25, -0.2) is 4.68 Å². The highest BCUT2D eigenvalue weighted by atomic mass is 35.5. The maximum Gasteiger partial charge on any atom is 0.146 e. The van der Waals surface area contributed by atoms with Crippen LogP contribution in [-0.2, 0) is 0 Å². The van der Waals surface area contributed by atoms with Crippen LogP contribution in [0, 0.1) is 0 Å². The number of ether oxygens (including phenoxy) is 1. The van der Waals surface area contributed by atoms with E-state index in [0.29, 0.717) is 21.4 Å². The van der Waals surface area contributed by atoms with Crippen molar-refractivity contribution in [3.05, 3.63) is 40.4 Å². The van der Waals surface area contributed by atoms with Crippen molar-refractivity contribution in [2.24, 2.45) is 5.10 Å². The molecule has 0 radical (unpaired) electrons. The summed E-state index contributed by atoms with van der Waals surface area (Å²) in [6.07, 6.45) is 4.50. The highest BCUT2D eigenvalue weighted by molar-refractivity contribution is 6.36. The standard InChI is InChI=1S/C10H8Cl2N4O/c1-17-10-7(2-8(11)3-9(10)12)4-15-16-5-13-14-6-16/h2-6H,1H3. The van der Waals surface area contributed by atoms with Gasteiger partial charge in [-0.1, -0.05) is 23.2 Å². The Morgan fingerprint density at radius 2 is 2.00 bits per heavy atom. The van der Waals surface area contributed by atoms with Gasteiger partial charge in [0.1, 0.15) is 18.4 Å². The number of nitrogens with zero attached hydrogens (tertiary/aromatic N) is 4. The number of methoxy groups -OCH3 is 1. The summed E-state index contributed by atoms with van der Waals surface area (Å²) in [5.41, 5.74) is 0.679. The van der Waals surface area contributed by atoms with E-state index in [4.69, 9.17) is 27.9 Å². The molecule has 0 fully saturated rings. The van der Waals surface area contributed by atoms with E-state index in [1.807, 2.05) is 0 Å². The van der Waals surface area contributed by atoms with Crippen molar-refractivity contribution >= 4 is 29.4 Å². The second-order valence-corrected chi connectivity index (χ2v) is 3.94. The fourth-order valence-electron chi connectivity index (χ4n) is 1.28. The van der Waals surface area contributed by atoms with E-state index in [2.05, 4.69) is 15.3 Å². The monoisotopic (exact) mass is 270 g/mol. The zero-order valence-electron chi connectivity index (χ0n) is 8.84. The average molecular weight is 271 g/mol. The van der Waals surface area contributed by atoms with Crippen LogP contribution in [0.25, 0.3) is 0 Å². The molecule has 7 heteroatoms. The Bertz CT molecular complexity index is 539. The summed E-state index contributed by atoms with van der Waals surface area (Å²) in [5, 5.41) is 12.3. The molecule has 0 aliphatic carbocycles. The Labute approximate surface area is 108 Å². The van der Waals surface area contributed by atoms with Crippen molar-refractivity contribution in [2.75, 3.05) is 7.11 Å². The SMILES string of the molecule is COc1c(Cl)cc(Cl)cc1C=Nn1cnnc1. The fraction of sp³-hybridized carbons (Fsp3) is 0.100. The second kappa shape index (κ2) is 5.16. The van der Waals surface area contributed by atoms with Crippen molar-refractivity contribution in [1.82, 2.24) is 14.9 Å². The summed E-state index contributed by atoms with van der Waals surface area (Å²) in [6, 6.07) is 3.32. The lowest BCUT2D eigenvalue weighted by molar-refractivity contribution is 0.414. The van der Waals surface area contributed by atoms with Crippen LogP contribution in [0.3, 0.4) is 0 Å². The van der Waals surface area contributed by atoms with E-state index in [1.165, 1.54) is 24.4 Å². The summed E-state index contributed by atoms with van der Waals surface area (Å²) >= 11 is 11.9. The number of hydrogen-bond acceptors (Lipinski definition) is 4. The fourth-order valence-corrected chi connectivity index (χ4v) is 1.86. The molecule has 0 amide bonds. The Morgan fingerprint density at radius 3 is 2.65 bits per heavy atom. The van der Waals surface area contributed by atoms with Crippen molar-refractivity contribution in [3.63, 3.8) is 0 Å². The van der Waals surface area contributed by atoms with Gasteiger partial charge < -0.3 is 4.74 Å². The molecule has 0 unspecified atom stereocenters. The zero-order chi connectivity index (χ0) is 12.3. The first-order valence-corrected chi connectivity index (χ1v) is 5.38. The van der Waals surface area contributed by atoms with Crippen LogP contribution in [-0.4, -0.2) is 28.2 Å². The number of aromatic nitrogens is 3. The van der Waals surface area contributed by atoms with E-state index in [1.54, 1.807) is 18.3 Å². The summed E-state index contributed by atoms with van der Waals surface area (Å²) in [4.78, 5) is 0. The van der Waals surface area contributed by atoms with Crippen molar-refractivity contribution < 1.29 is 4.74 Å². The van der Waals surface area contributed by atoms with E-state index in [-0.39, 0.29) is 0 Å². The molecule has 0 saturated heterocycles. The molecule has 0 atom stereocenters. The van der Waals surface area contributed by atoms with Gasteiger partial charge in [0, 0.05) is 10.6 Å². The van der Waals surface area contributed by atoms with Gasteiger partial charge in [0.25, 0.3) is 0 Å². The maximum atomic E-state index is 5.99. The minimum atomic E-state index is 0.435. The Kier molecular flexibility index (Phi) is 3.61. The lowest BCUT2D eigenvalue weighted by atomic mass is 10.2. The van der Waals surface area contributed by atoms with Crippen LogP contribution in [0.15, 0.2) is 29.9 Å². The number of hydrogen-bond donors (Lipinski definition) is 0. The van der Waals surface area contributed by atoms with Gasteiger partial charge in [0.05, 0.1) is 18.3 Å². The summed E-state index contributed by atoms with van der Waals surface area (Å²) in [5.74, 6) is 0.521. The number of rotatable bonds is 3. The highest BCUT2D eigenvalue weighted by Crippen LogP contribution is 2.31. The summed E-state index contributed by atoms with van der Waals surface area (Å²) in [6.45, 7) is 0. The molecule has 0 bridgehead atoms. The third-order valence-corrected chi connectivity index (χ3v) is 2.48. The molecular formula is C10H8Cl2N4O. The molecule has 1 aromatic carbocycles. The molecule has 1 heterocycles. The van der Waals surface area contributed by atoms with Gasteiger partial charge in [0.2, 0.25) is 0 Å². The van der Waals surface area contributed by atoms with Crippen molar-refractivity contribution in [3.8, 4) is 5.75 Å². The second-order valence-electron chi connectivity index (χ2n) is 3.10. The maximum absolute atomic E-state index is 5.99. The molecule has 2 rings (SSSR count). The lowest BCUT2D eigenvalue weighted by Gasteiger charge is -2.07. The van der Waals surface area contributed by atoms with E-state index < -0.39 is 0 Å². The third kappa shape index (κ3) is 2.75. The van der Waals surface area contributed by atoms with Crippen molar-refractivity contribution in [2.45, 2.75) is 0 Å². The van der Waals surface area contributed by atoms with E-state index in [0.717, 1.165) is 0 Å². The lowest BCUT2D eigenvalue weighted by Crippen LogP contribution is -1.94. The molecule has 0 aliphatic rings. The first-order chi connectivity index (χ1) is 8.20. The largest absolute Gasteiger partial charge is 0.495 e. The van der Waals surface area contributed by atoms with Crippen LogP contribution in [0.2, 0.25) is 10.0 Å².